The van der Waals surface area contributed by atoms with Gasteiger partial charge in [0.25, 0.3) is 0 Å². The highest BCUT2D eigenvalue weighted by Crippen LogP contribution is 2.40. The molecule has 1 rings (SSSR count). The Hall–Kier alpha value is -0.340. The number of hydrogen-bond donors (Lipinski definition) is 0. The van der Waals surface area contributed by atoms with Gasteiger partial charge in [0.15, 0.2) is 0 Å². The summed E-state index contributed by atoms with van der Waals surface area (Å²) in [5, 5.41) is 0. The van der Waals surface area contributed by atoms with E-state index >= 15 is 0 Å². The second kappa shape index (κ2) is 4.45. The zero-order valence-corrected chi connectivity index (χ0v) is 9.80. The Balaban J connectivity index is 2.87. The van der Waals surface area contributed by atoms with Crippen LogP contribution in [0, 0.1) is 5.92 Å². The maximum atomic E-state index is 5.67. The monoisotopic (exact) mass is 198 g/mol. The van der Waals surface area contributed by atoms with Crippen molar-refractivity contribution >= 4 is 0 Å². The molecule has 1 aliphatic rings. The molecule has 0 spiro atoms. The molecule has 0 saturated heterocycles. The van der Waals surface area contributed by atoms with Gasteiger partial charge in [-0.15, -0.1) is 0 Å². The van der Waals surface area contributed by atoms with Gasteiger partial charge in [-0.25, -0.2) is 0 Å². The van der Waals surface area contributed by atoms with Crippen molar-refractivity contribution in [2.75, 3.05) is 14.2 Å². The minimum absolute atomic E-state index is 0.161. The van der Waals surface area contributed by atoms with Gasteiger partial charge >= 0.3 is 0 Å². The summed E-state index contributed by atoms with van der Waals surface area (Å²) in [7, 11) is 3.52. The van der Waals surface area contributed by atoms with Crippen molar-refractivity contribution in [3.63, 3.8) is 0 Å². The second-order valence-electron chi connectivity index (χ2n) is 4.48. The summed E-state index contributed by atoms with van der Waals surface area (Å²) in [6.07, 6.45) is 3.45. The highest BCUT2D eigenvalue weighted by molar-refractivity contribution is 5.16. The fourth-order valence-corrected chi connectivity index (χ4v) is 2.48. The van der Waals surface area contributed by atoms with Crippen LogP contribution < -0.4 is 0 Å². The normalized spacial score (nSPS) is 38.3. The summed E-state index contributed by atoms with van der Waals surface area (Å²) >= 11 is 0. The van der Waals surface area contributed by atoms with Gasteiger partial charge in [0.1, 0.15) is 5.60 Å². The van der Waals surface area contributed by atoms with Crippen molar-refractivity contribution in [3.8, 4) is 0 Å². The van der Waals surface area contributed by atoms with Crippen LogP contribution in [-0.2, 0) is 9.47 Å². The Morgan fingerprint density at radius 3 is 2.50 bits per heavy atom. The molecule has 0 N–H and O–H groups in total. The maximum absolute atomic E-state index is 5.67. The molecule has 82 valence electrons. The van der Waals surface area contributed by atoms with Crippen LogP contribution in [0.25, 0.3) is 0 Å². The van der Waals surface area contributed by atoms with Gasteiger partial charge in [0.2, 0.25) is 0 Å². The van der Waals surface area contributed by atoms with E-state index in [1.165, 1.54) is 6.42 Å². The number of rotatable bonds is 3. The Morgan fingerprint density at radius 2 is 2.07 bits per heavy atom. The molecule has 2 nitrogen and oxygen atoms in total. The Labute approximate surface area is 87.3 Å². The summed E-state index contributed by atoms with van der Waals surface area (Å²) in [6.45, 7) is 8.34. The lowest BCUT2D eigenvalue weighted by Crippen LogP contribution is -2.50. The van der Waals surface area contributed by atoms with Crippen LogP contribution in [0.2, 0.25) is 0 Å². The van der Waals surface area contributed by atoms with Gasteiger partial charge in [-0.1, -0.05) is 13.5 Å². The van der Waals surface area contributed by atoms with E-state index in [1.807, 2.05) is 6.92 Å². The van der Waals surface area contributed by atoms with E-state index in [9.17, 15) is 0 Å². The Bertz CT molecular complexity index is 212. The number of ether oxygens (including phenoxy) is 2. The molecule has 3 atom stereocenters. The molecular weight excluding hydrogens is 176 g/mol. The molecule has 0 aliphatic heterocycles. The van der Waals surface area contributed by atoms with Gasteiger partial charge in [-0.05, 0) is 37.7 Å². The zero-order chi connectivity index (χ0) is 10.8. The van der Waals surface area contributed by atoms with Crippen LogP contribution in [-0.4, -0.2) is 25.9 Å². The molecule has 3 unspecified atom stereocenters. The first-order chi connectivity index (χ1) is 6.56. The van der Waals surface area contributed by atoms with Crippen molar-refractivity contribution in [2.24, 2.45) is 5.92 Å². The first-order valence-electron chi connectivity index (χ1n) is 5.30. The first-order valence-corrected chi connectivity index (χ1v) is 5.30. The smallest absolute Gasteiger partial charge is 0.114 e. The molecule has 0 heterocycles. The van der Waals surface area contributed by atoms with Gasteiger partial charge in [0.05, 0.1) is 6.10 Å². The van der Waals surface area contributed by atoms with Gasteiger partial charge in [-0.3, -0.25) is 0 Å². The quantitative estimate of drug-likeness (QED) is 0.649. The fraction of sp³-hybridized carbons (Fsp3) is 0.833. The molecule has 0 aromatic carbocycles. The lowest BCUT2D eigenvalue weighted by atomic mass is 9.74. The summed E-state index contributed by atoms with van der Waals surface area (Å²) in [4.78, 5) is 0. The van der Waals surface area contributed by atoms with E-state index in [1.54, 1.807) is 14.2 Å². The zero-order valence-electron chi connectivity index (χ0n) is 9.80. The van der Waals surface area contributed by atoms with Crippen LogP contribution in [0.15, 0.2) is 12.2 Å². The van der Waals surface area contributed by atoms with E-state index in [4.69, 9.17) is 9.47 Å². The molecular formula is C12H22O2. The van der Waals surface area contributed by atoms with E-state index in [-0.39, 0.29) is 11.7 Å². The lowest BCUT2D eigenvalue weighted by molar-refractivity contribution is -0.123. The van der Waals surface area contributed by atoms with E-state index < -0.39 is 0 Å². The summed E-state index contributed by atoms with van der Waals surface area (Å²) in [5.74, 6) is 0.725. The van der Waals surface area contributed by atoms with E-state index in [0.717, 1.165) is 24.3 Å². The molecule has 2 heteroatoms. The van der Waals surface area contributed by atoms with E-state index in [2.05, 4.69) is 13.5 Å². The van der Waals surface area contributed by atoms with Gasteiger partial charge in [0, 0.05) is 14.2 Å². The van der Waals surface area contributed by atoms with Gasteiger partial charge < -0.3 is 9.47 Å². The average Bonchev–Trinajstić information content (AvgIpc) is 2.17. The minimum Gasteiger partial charge on any atom is -0.378 e. The maximum Gasteiger partial charge on any atom is 0.114 e. The Morgan fingerprint density at radius 1 is 1.43 bits per heavy atom. The minimum atomic E-state index is -0.249. The molecule has 1 aliphatic carbocycles. The highest BCUT2D eigenvalue weighted by atomic mass is 16.5. The van der Waals surface area contributed by atoms with Crippen LogP contribution >= 0.6 is 0 Å². The molecule has 1 saturated carbocycles. The highest BCUT2D eigenvalue weighted by Gasteiger charge is 2.43. The molecule has 0 aromatic heterocycles. The Kier molecular flexibility index (Phi) is 3.73. The average molecular weight is 198 g/mol. The SMILES string of the molecule is C=C(C)C1(OC)CCC(C)CC1OC. The number of hydrogen-bond acceptors (Lipinski definition) is 2. The van der Waals surface area contributed by atoms with Crippen molar-refractivity contribution in [3.05, 3.63) is 12.2 Å². The summed E-state index contributed by atoms with van der Waals surface area (Å²) in [5.41, 5.74) is 0.833. The molecule has 0 radical (unpaired) electrons. The molecule has 0 aromatic rings. The molecule has 0 bridgehead atoms. The molecule has 14 heavy (non-hydrogen) atoms. The fourth-order valence-electron chi connectivity index (χ4n) is 2.48. The van der Waals surface area contributed by atoms with Crippen molar-refractivity contribution in [1.29, 1.82) is 0 Å². The molecule has 1 fully saturated rings. The number of methoxy groups -OCH3 is 2. The summed E-state index contributed by atoms with van der Waals surface area (Å²) < 4.78 is 11.2. The van der Waals surface area contributed by atoms with Crippen molar-refractivity contribution in [2.45, 2.75) is 44.8 Å². The van der Waals surface area contributed by atoms with Crippen LogP contribution in [0.4, 0.5) is 0 Å². The summed E-state index contributed by atoms with van der Waals surface area (Å²) in [6, 6.07) is 0. The molecule has 0 amide bonds. The van der Waals surface area contributed by atoms with Crippen LogP contribution in [0.3, 0.4) is 0 Å². The predicted octanol–water partition coefficient (Wildman–Crippen LogP) is 2.78. The largest absolute Gasteiger partial charge is 0.378 e. The van der Waals surface area contributed by atoms with E-state index in [0.29, 0.717) is 0 Å². The third kappa shape index (κ3) is 1.86. The van der Waals surface area contributed by atoms with Crippen LogP contribution in [0.1, 0.15) is 33.1 Å². The topological polar surface area (TPSA) is 18.5 Å². The third-order valence-electron chi connectivity index (χ3n) is 3.52. The standard InChI is InChI=1S/C12H22O2/c1-9(2)12(14-5)7-6-10(3)8-11(12)13-4/h10-11H,1,6-8H2,2-5H3. The third-order valence-corrected chi connectivity index (χ3v) is 3.52. The van der Waals surface area contributed by atoms with Crippen molar-refractivity contribution in [1.82, 2.24) is 0 Å². The van der Waals surface area contributed by atoms with Crippen molar-refractivity contribution < 1.29 is 9.47 Å². The van der Waals surface area contributed by atoms with Gasteiger partial charge in [-0.2, -0.15) is 0 Å². The second-order valence-corrected chi connectivity index (χ2v) is 4.48. The van der Waals surface area contributed by atoms with Crippen LogP contribution in [0.5, 0.6) is 0 Å². The first kappa shape index (κ1) is 11.7. The lowest BCUT2D eigenvalue weighted by Gasteiger charge is -2.44. The predicted molar refractivity (Wildman–Crippen MR) is 58.4 cm³/mol.